The maximum absolute atomic E-state index is 13.6. The minimum Gasteiger partial charge on any atom is -0.508 e. The van der Waals surface area contributed by atoms with Crippen molar-refractivity contribution < 1.29 is 32.6 Å². The van der Waals surface area contributed by atoms with Gasteiger partial charge in [0.25, 0.3) is 5.91 Å². The summed E-state index contributed by atoms with van der Waals surface area (Å²) in [6.45, 7) is 0. The van der Waals surface area contributed by atoms with E-state index in [2.05, 4.69) is 0 Å². The smallest absolute Gasteiger partial charge is 0.252 e. The van der Waals surface area contributed by atoms with Crippen molar-refractivity contribution in [2.24, 2.45) is 5.73 Å². The van der Waals surface area contributed by atoms with E-state index in [-0.39, 0.29) is 22.6 Å². The van der Waals surface area contributed by atoms with Crippen LogP contribution in [0.3, 0.4) is 0 Å². The number of nitrogens with two attached hydrogens (primary N) is 1. The van der Waals surface area contributed by atoms with Gasteiger partial charge in [-0.2, -0.15) is 0 Å². The van der Waals surface area contributed by atoms with Gasteiger partial charge in [0.05, 0.1) is 5.56 Å². The summed E-state index contributed by atoms with van der Waals surface area (Å²) in [4.78, 5) is 11.1. The summed E-state index contributed by atoms with van der Waals surface area (Å²) in [6.07, 6.45) is 0. The van der Waals surface area contributed by atoms with Crippen molar-refractivity contribution in [3.8, 4) is 33.8 Å². The summed E-state index contributed by atoms with van der Waals surface area (Å²) in [5, 5.41) is 18.5. The zero-order valence-electron chi connectivity index (χ0n) is 16.9. The third kappa shape index (κ3) is 5.68. The van der Waals surface area contributed by atoms with Crippen LogP contribution in [0.2, 0.25) is 0 Å². The predicted molar refractivity (Wildman–Crippen MR) is 115 cm³/mol. The lowest BCUT2D eigenvalue weighted by atomic mass is 10.0. The molecule has 0 unspecified atom stereocenters. The molecule has 0 atom stereocenters. The number of phenols is 2. The van der Waals surface area contributed by atoms with Crippen LogP contribution < -0.4 is 5.73 Å². The monoisotopic (exact) mass is 455 g/mol. The molecular weight excluding hydrogens is 438 g/mol. The van der Waals surface area contributed by atoms with E-state index in [1.165, 1.54) is 48.5 Å². The van der Waals surface area contributed by atoms with Crippen molar-refractivity contribution in [2.45, 2.75) is 0 Å². The summed E-state index contributed by atoms with van der Waals surface area (Å²) in [5.41, 5.74) is 6.33. The van der Waals surface area contributed by atoms with E-state index < -0.39 is 29.2 Å². The lowest BCUT2D eigenvalue weighted by Gasteiger charge is -2.06. The van der Waals surface area contributed by atoms with E-state index in [1.54, 1.807) is 12.1 Å². The molecule has 0 heterocycles. The molecule has 0 saturated carbocycles. The highest BCUT2D eigenvalue weighted by Crippen LogP contribution is 2.28. The molecule has 0 saturated heterocycles. The van der Waals surface area contributed by atoms with Gasteiger partial charge in [0.2, 0.25) is 0 Å². The number of hydrogen-bond donors (Lipinski definition) is 3. The van der Waals surface area contributed by atoms with Crippen LogP contribution in [0.15, 0.2) is 78.9 Å². The number of carbonyl (C=O) groups is 1. The first kappa shape index (κ1) is 23.3. The van der Waals surface area contributed by atoms with Gasteiger partial charge in [0, 0.05) is 23.3 Å². The van der Waals surface area contributed by atoms with E-state index in [0.717, 1.165) is 18.2 Å². The lowest BCUT2D eigenvalue weighted by Crippen LogP contribution is -2.11. The molecule has 0 aliphatic carbocycles. The molecule has 4 N–H and O–H groups in total. The number of phenolic OH excluding ortho intramolecular Hbond substituents is 1. The van der Waals surface area contributed by atoms with Gasteiger partial charge in [-0.1, -0.05) is 18.2 Å². The number of amides is 1. The number of hydrogen-bond acceptors (Lipinski definition) is 3. The van der Waals surface area contributed by atoms with E-state index >= 15 is 0 Å². The average Bonchev–Trinajstić information content (AvgIpc) is 2.76. The summed E-state index contributed by atoms with van der Waals surface area (Å²) >= 11 is 0. The van der Waals surface area contributed by atoms with Crippen LogP contribution in [0.25, 0.3) is 22.3 Å². The molecule has 0 bridgehead atoms. The highest BCUT2D eigenvalue weighted by molar-refractivity contribution is 5.96. The number of primary amides is 1. The van der Waals surface area contributed by atoms with Crippen molar-refractivity contribution in [2.75, 3.05) is 0 Å². The third-order valence-electron chi connectivity index (χ3n) is 4.61. The predicted octanol–water partition coefficient (Wildman–Crippen LogP) is 5.77. The molecule has 0 radical (unpaired) electrons. The second kappa shape index (κ2) is 9.86. The maximum atomic E-state index is 13.6. The van der Waals surface area contributed by atoms with E-state index in [0.29, 0.717) is 16.7 Å². The number of carbonyl (C=O) groups excluding carboxylic acids is 1. The molecule has 168 valence electrons. The molecule has 0 aromatic heterocycles. The third-order valence-corrected chi connectivity index (χ3v) is 4.61. The van der Waals surface area contributed by atoms with Gasteiger partial charge in [0.1, 0.15) is 34.8 Å². The van der Waals surface area contributed by atoms with Crippen LogP contribution in [-0.4, -0.2) is 16.1 Å². The Kier molecular flexibility index (Phi) is 6.97. The molecule has 0 aliphatic rings. The molecular formula is C25H17F4NO3. The quantitative estimate of drug-likeness (QED) is 0.343. The summed E-state index contributed by atoms with van der Waals surface area (Å²) in [5.74, 6) is -3.65. The molecule has 4 aromatic rings. The molecule has 0 aliphatic heterocycles. The normalized spacial score (nSPS) is 10.3. The molecule has 0 fully saturated rings. The van der Waals surface area contributed by atoms with Gasteiger partial charge in [-0.25, -0.2) is 17.6 Å². The molecule has 4 rings (SSSR count). The van der Waals surface area contributed by atoms with Crippen molar-refractivity contribution in [1.29, 1.82) is 0 Å². The van der Waals surface area contributed by atoms with Gasteiger partial charge < -0.3 is 15.9 Å². The molecule has 4 aromatic carbocycles. The highest BCUT2D eigenvalue weighted by atomic mass is 19.1. The number of halogens is 4. The standard InChI is InChI=1S/C13H9F2NO2.C12H8F2O/c14-8-2-3-9(11(15)6-8)7-1-4-12(17)10(5-7)13(16)18;13-9-3-6-11(12(14)7-9)8-1-4-10(15)5-2-8/h1-6,17H,(H2,16,18);1-7,15H. The first-order valence-electron chi connectivity index (χ1n) is 9.48. The molecule has 0 spiro atoms. The van der Waals surface area contributed by atoms with Crippen molar-refractivity contribution >= 4 is 5.91 Å². The van der Waals surface area contributed by atoms with Crippen LogP contribution >= 0.6 is 0 Å². The Hall–Kier alpha value is -4.33. The maximum Gasteiger partial charge on any atom is 0.252 e. The fraction of sp³-hybridized carbons (Fsp3) is 0. The van der Waals surface area contributed by atoms with Gasteiger partial charge >= 0.3 is 0 Å². The van der Waals surface area contributed by atoms with E-state index in [1.807, 2.05) is 0 Å². The molecule has 4 nitrogen and oxygen atoms in total. The van der Waals surface area contributed by atoms with Crippen LogP contribution in [0, 0.1) is 23.3 Å². The highest BCUT2D eigenvalue weighted by Gasteiger charge is 2.12. The number of rotatable bonds is 3. The van der Waals surface area contributed by atoms with Gasteiger partial charge in [-0.3, -0.25) is 4.79 Å². The minimum absolute atomic E-state index is 0.112. The molecule has 1 amide bonds. The van der Waals surface area contributed by atoms with Crippen molar-refractivity contribution in [1.82, 2.24) is 0 Å². The summed E-state index contributed by atoms with van der Waals surface area (Å²) < 4.78 is 52.3. The number of aromatic hydroxyl groups is 2. The zero-order chi connectivity index (χ0) is 24.1. The van der Waals surface area contributed by atoms with Crippen molar-refractivity contribution in [3.05, 3.63) is 108 Å². The van der Waals surface area contributed by atoms with Gasteiger partial charge in [-0.15, -0.1) is 0 Å². The second-order valence-corrected chi connectivity index (χ2v) is 6.89. The van der Waals surface area contributed by atoms with E-state index in [4.69, 9.17) is 10.8 Å². The van der Waals surface area contributed by atoms with Crippen LogP contribution in [-0.2, 0) is 0 Å². The minimum atomic E-state index is -0.822. The Morgan fingerprint density at radius 2 is 1.12 bits per heavy atom. The fourth-order valence-electron chi connectivity index (χ4n) is 2.99. The van der Waals surface area contributed by atoms with Crippen LogP contribution in [0.4, 0.5) is 17.6 Å². The molecule has 8 heteroatoms. The first-order valence-corrected chi connectivity index (χ1v) is 9.48. The Morgan fingerprint density at radius 1 is 0.636 bits per heavy atom. The lowest BCUT2D eigenvalue weighted by molar-refractivity contribution is 0.0997. The Balaban J connectivity index is 0.000000189. The topological polar surface area (TPSA) is 83.6 Å². The summed E-state index contributed by atoms with van der Waals surface area (Å²) in [6, 6.07) is 16.5. The van der Waals surface area contributed by atoms with Crippen LogP contribution in [0.1, 0.15) is 10.4 Å². The Bertz CT molecular complexity index is 1310. The second-order valence-electron chi connectivity index (χ2n) is 6.89. The van der Waals surface area contributed by atoms with Crippen molar-refractivity contribution in [3.63, 3.8) is 0 Å². The summed E-state index contributed by atoms with van der Waals surface area (Å²) in [7, 11) is 0. The average molecular weight is 455 g/mol. The Labute approximate surface area is 186 Å². The van der Waals surface area contributed by atoms with E-state index in [9.17, 15) is 27.5 Å². The molecule has 33 heavy (non-hydrogen) atoms. The van der Waals surface area contributed by atoms with Gasteiger partial charge in [-0.05, 0) is 59.7 Å². The van der Waals surface area contributed by atoms with Gasteiger partial charge in [0.15, 0.2) is 0 Å². The SMILES string of the molecule is NC(=O)c1cc(-c2ccc(F)cc2F)ccc1O.Oc1ccc(-c2ccc(F)cc2F)cc1. The fourth-order valence-corrected chi connectivity index (χ4v) is 2.99. The first-order chi connectivity index (χ1) is 15.7. The zero-order valence-corrected chi connectivity index (χ0v) is 16.9. The number of benzene rings is 4. The largest absolute Gasteiger partial charge is 0.508 e. The van der Waals surface area contributed by atoms with Crippen LogP contribution in [0.5, 0.6) is 11.5 Å². The Morgan fingerprint density at radius 3 is 1.61 bits per heavy atom.